The highest BCUT2D eigenvalue weighted by Gasteiger charge is 2.05. The third kappa shape index (κ3) is 4.36. The Balaban J connectivity index is 2.22. The Morgan fingerprint density at radius 3 is 2.22 bits per heavy atom. The van der Waals surface area contributed by atoms with Crippen LogP contribution in [0.3, 0.4) is 0 Å². The second-order valence-corrected chi connectivity index (χ2v) is 5.29. The van der Waals surface area contributed by atoms with Crippen LogP contribution < -0.4 is 14.4 Å². The van der Waals surface area contributed by atoms with Crippen molar-refractivity contribution in [1.29, 1.82) is 0 Å². The number of hydrogen-bond acceptors (Lipinski definition) is 4. The van der Waals surface area contributed by atoms with E-state index in [4.69, 9.17) is 9.47 Å². The molecule has 0 spiro atoms. The number of anilines is 1. The molecule has 0 saturated heterocycles. The summed E-state index contributed by atoms with van der Waals surface area (Å²) in [4.78, 5) is 14.3. The van der Waals surface area contributed by atoms with Gasteiger partial charge in [-0.1, -0.05) is 18.2 Å². The van der Waals surface area contributed by atoms with Crippen LogP contribution in [0.1, 0.15) is 15.9 Å². The summed E-state index contributed by atoms with van der Waals surface area (Å²) in [5.74, 6) is 1.33. The fourth-order valence-electron chi connectivity index (χ4n) is 2.13. The summed E-state index contributed by atoms with van der Waals surface area (Å²) in [6.45, 7) is 0. The van der Waals surface area contributed by atoms with Crippen molar-refractivity contribution in [2.75, 3.05) is 33.2 Å². The van der Waals surface area contributed by atoms with E-state index in [0.717, 1.165) is 11.3 Å². The van der Waals surface area contributed by atoms with Crippen molar-refractivity contribution in [3.05, 3.63) is 59.7 Å². The van der Waals surface area contributed by atoms with E-state index in [-0.39, 0.29) is 5.78 Å². The van der Waals surface area contributed by atoms with Crippen molar-refractivity contribution >= 4 is 17.5 Å². The van der Waals surface area contributed by atoms with Crippen molar-refractivity contribution < 1.29 is 14.3 Å². The summed E-state index contributed by atoms with van der Waals surface area (Å²) in [6.07, 6.45) is 3.32. The van der Waals surface area contributed by atoms with E-state index in [9.17, 15) is 4.79 Å². The molecule has 0 aliphatic carbocycles. The number of carbonyl (C=O) groups excluding carboxylic acids is 1. The summed E-state index contributed by atoms with van der Waals surface area (Å²) < 4.78 is 10.5. The molecule has 0 radical (unpaired) electrons. The number of hydrogen-bond donors (Lipinski definition) is 0. The molecule has 0 atom stereocenters. The van der Waals surface area contributed by atoms with Crippen LogP contribution in [0.5, 0.6) is 11.5 Å². The van der Waals surface area contributed by atoms with Gasteiger partial charge in [0, 0.05) is 31.4 Å². The van der Waals surface area contributed by atoms with Gasteiger partial charge in [0.1, 0.15) is 11.5 Å². The summed E-state index contributed by atoms with van der Waals surface area (Å²) in [7, 11) is 7.09. The minimum atomic E-state index is -0.0458. The van der Waals surface area contributed by atoms with Crippen LogP contribution in [0, 0.1) is 0 Å². The van der Waals surface area contributed by atoms with E-state index in [1.807, 2.05) is 55.4 Å². The van der Waals surface area contributed by atoms with Crippen molar-refractivity contribution in [3.8, 4) is 11.5 Å². The Morgan fingerprint density at radius 1 is 1.00 bits per heavy atom. The maximum absolute atomic E-state index is 12.3. The summed E-state index contributed by atoms with van der Waals surface area (Å²) in [6, 6.07) is 13.0. The maximum Gasteiger partial charge on any atom is 0.185 e. The lowest BCUT2D eigenvalue weighted by molar-refractivity contribution is 0.104. The van der Waals surface area contributed by atoms with Gasteiger partial charge in [-0.25, -0.2) is 0 Å². The van der Waals surface area contributed by atoms with Gasteiger partial charge in [0.15, 0.2) is 5.78 Å². The lowest BCUT2D eigenvalue weighted by atomic mass is 10.1. The monoisotopic (exact) mass is 311 g/mol. The largest absolute Gasteiger partial charge is 0.497 e. The van der Waals surface area contributed by atoms with Gasteiger partial charge in [-0.2, -0.15) is 0 Å². The van der Waals surface area contributed by atoms with E-state index in [1.165, 1.54) is 0 Å². The first kappa shape index (κ1) is 16.6. The van der Waals surface area contributed by atoms with Gasteiger partial charge in [-0.3, -0.25) is 4.79 Å². The zero-order valence-electron chi connectivity index (χ0n) is 13.9. The second-order valence-electron chi connectivity index (χ2n) is 5.29. The number of allylic oxidation sites excluding steroid dienone is 1. The molecule has 0 N–H and O–H groups in total. The maximum atomic E-state index is 12.3. The van der Waals surface area contributed by atoms with Crippen LogP contribution in [0.25, 0.3) is 6.08 Å². The number of carbonyl (C=O) groups is 1. The molecule has 0 fully saturated rings. The molecule has 0 bridgehead atoms. The Morgan fingerprint density at radius 2 is 1.65 bits per heavy atom. The first-order valence-corrected chi connectivity index (χ1v) is 7.26. The summed E-state index contributed by atoms with van der Waals surface area (Å²) in [5, 5.41) is 0. The number of ether oxygens (including phenoxy) is 2. The van der Waals surface area contributed by atoms with Crippen molar-refractivity contribution in [2.24, 2.45) is 0 Å². The van der Waals surface area contributed by atoms with Gasteiger partial charge in [-0.05, 0) is 35.9 Å². The van der Waals surface area contributed by atoms with Crippen LogP contribution >= 0.6 is 0 Å². The van der Waals surface area contributed by atoms with Crippen molar-refractivity contribution in [2.45, 2.75) is 0 Å². The SMILES string of the molecule is COc1cc(/C=C/C(=O)c2cccc(N(C)C)c2)cc(OC)c1. The molecule has 4 nitrogen and oxygen atoms in total. The molecule has 4 heteroatoms. The van der Waals surface area contributed by atoms with Crippen LogP contribution in [0.4, 0.5) is 5.69 Å². The molecule has 2 rings (SSSR count). The third-order valence-electron chi connectivity index (χ3n) is 3.45. The number of nitrogens with zero attached hydrogens (tertiary/aromatic N) is 1. The van der Waals surface area contributed by atoms with Crippen LogP contribution in [-0.4, -0.2) is 34.1 Å². The Bertz CT molecular complexity index is 698. The highest BCUT2D eigenvalue weighted by molar-refractivity contribution is 6.07. The molecule has 2 aromatic carbocycles. The normalized spacial score (nSPS) is 10.6. The fraction of sp³-hybridized carbons (Fsp3) is 0.211. The molecule has 0 aliphatic heterocycles. The van der Waals surface area contributed by atoms with Crippen LogP contribution in [0.2, 0.25) is 0 Å². The first-order valence-electron chi connectivity index (χ1n) is 7.26. The zero-order chi connectivity index (χ0) is 16.8. The molecule has 2 aromatic rings. The van der Waals surface area contributed by atoms with Crippen LogP contribution in [-0.2, 0) is 0 Å². The average molecular weight is 311 g/mol. The Hall–Kier alpha value is -2.75. The minimum absolute atomic E-state index is 0.0458. The molecule has 120 valence electrons. The van der Waals surface area contributed by atoms with Gasteiger partial charge >= 0.3 is 0 Å². The number of benzene rings is 2. The molecule has 23 heavy (non-hydrogen) atoms. The molecule has 0 aliphatic rings. The lowest BCUT2D eigenvalue weighted by Crippen LogP contribution is -2.09. The first-order chi connectivity index (χ1) is 11.0. The quantitative estimate of drug-likeness (QED) is 0.603. The van der Waals surface area contributed by atoms with E-state index in [2.05, 4.69) is 0 Å². The molecule has 0 amide bonds. The van der Waals surface area contributed by atoms with Gasteiger partial charge < -0.3 is 14.4 Å². The molecular weight excluding hydrogens is 290 g/mol. The van der Waals surface area contributed by atoms with Crippen molar-refractivity contribution in [1.82, 2.24) is 0 Å². The smallest absolute Gasteiger partial charge is 0.185 e. The zero-order valence-corrected chi connectivity index (χ0v) is 13.9. The lowest BCUT2D eigenvalue weighted by Gasteiger charge is -2.12. The van der Waals surface area contributed by atoms with Gasteiger partial charge in [-0.15, -0.1) is 0 Å². The topological polar surface area (TPSA) is 38.8 Å². The standard InChI is InChI=1S/C19H21NO3/c1-20(2)16-7-5-6-15(12-16)19(21)9-8-14-10-17(22-3)13-18(11-14)23-4/h5-13H,1-4H3/b9-8+. The summed E-state index contributed by atoms with van der Waals surface area (Å²) in [5.41, 5.74) is 2.49. The number of methoxy groups -OCH3 is 2. The van der Waals surface area contributed by atoms with Crippen LogP contribution in [0.15, 0.2) is 48.5 Å². The molecule has 0 heterocycles. The minimum Gasteiger partial charge on any atom is -0.497 e. The van der Waals surface area contributed by atoms with E-state index >= 15 is 0 Å². The predicted molar refractivity (Wildman–Crippen MR) is 93.7 cm³/mol. The third-order valence-corrected chi connectivity index (χ3v) is 3.45. The molecular formula is C19H21NO3. The van der Waals surface area contributed by atoms with Gasteiger partial charge in [0.2, 0.25) is 0 Å². The Kier molecular flexibility index (Phi) is 5.41. The molecule has 0 unspecified atom stereocenters. The molecule has 0 aromatic heterocycles. The second kappa shape index (κ2) is 7.49. The summed E-state index contributed by atoms with van der Waals surface area (Å²) >= 11 is 0. The van der Waals surface area contributed by atoms with Gasteiger partial charge in [0.05, 0.1) is 14.2 Å². The van der Waals surface area contributed by atoms with Gasteiger partial charge in [0.25, 0.3) is 0 Å². The predicted octanol–water partition coefficient (Wildman–Crippen LogP) is 3.67. The molecule has 0 saturated carbocycles. The van der Waals surface area contributed by atoms with E-state index in [0.29, 0.717) is 17.1 Å². The number of ketones is 1. The highest BCUT2D eigenvalue weighted by Crippen LogP contribution is 2.23. The fourth-order valence-corrected chi connectivity index (χ4v) is 2.13. The van der Waals surface area contributed by atoms with E-state index < -0.39 is 0 Å². The highest BCUT2D eigenvalue weighted by atomic mass is 16.5. The van der Waals surface area contributed by atoms with E-state index in [1.54, 1.807) is 32.4 Å². The number of rotatable bonds is 6. The van der Waals surface area contributed by atoms with Crippen molar-refractivity contribution in [3.63, 3.8) is 0 Å². The average Bonchev–Trinajstić information content (AvgIpc) is 2.59. The Labute approximate surface area is 137 Å².